The molecule has 1 amide bonds. The van der Waals surface area contributed by atoms with E-state index >= 15 is 0 Å². The number of carbonyl (C=O) groups is 1. The predicted octanol–water partition coefficient (Wildman–Crippen LogP) is 0.664. The summed E-state index contributed by atoms with van der Waals surface area (Å²) in [6, 6.07) is 0. The van der Waals surface area contributed by atoms with E-state index in [2.05, 4.69) is 5.10 Å². The van der Waals surface area contributed by atoms with Crippen molar-refractivity contribution >= 4 is 12.0 Å². The van der Waals surface area contributed by atoms with E-state index in [0.29, 0.717) is 6.54 Å². The topological polar surface area (TPSA) is 58.4 Å². The summed E-state index contributed by atoms with van der Waals surface area (Å²) in [5.74, 6) is 0.242. The summed E-state index contributed by atoms with van der Waals surface area (Å²) in [4.78, 5) is 13.8. The van der Waals surface area contributed by atoms with Gasteiger partial charge in [0.1, 0.15) is 0 Å². The molecule has 2 rings (SSSR count). The van der Waals surface area contributed by atoms with Crippen LogP contribution >= 0.6 is 0 Å². The van der Waals surface area contributed by atoms with Gasteiger partial charge in [-0.3, -0.25) is 9.48 Å². The van der Waals surface area contributed by atoms with Gasteiger partial charge >= 0.3 is 0 Å². The molecule has 1 aromatic heterocycles. The molecular weight excluding hydrogens is 230 g/mol. The Kier molecular flexibility index (Phi) is 4.15. The molecule has 0 aliphatic carbocycles. The number of nitrogens with zero attached hydrogens (tertiary/aromatic N) is 3. The molecule has 0 bridgehead atoms. The van der Waals surface area contributed by atoms with Crippen LogP contribution in [0.15, 0.2) is 18.5 Å². The average Bonchev–Trinajstić information content (AvgIpc) is 2.82. The Labute approximate surface area is 107 Å². The SMILES string of the molecule is Cn1cc(/C=C/C(=O)N2CCCC(CO)C2)cn1. The first-order valence-electron chi connectivity index (χ1n) is 6.25. The van der Waals surface area contributed by atoms with E-state index in [4.69, 9.17) is 5.11 Å². The Hall–Kier alpha value is -1.62. The molecule has 2 heterocycles. The molecule has 98 valence electrons. The molecule has 0 aromatic carbocycles. The molecule has 1 fully saturated rings. The molecule has 5 nitrogen and oxygen atoms in total. The average molecular weight is 249 g/mol. The lowest BCUT2D eigenvalue weighted by atomic mass is 9.99. The van der Waals surface area contributed by atoms with Gasteiger partial charge in [-0.2, -0.15) is 5.10 Å². The van der Waals surface area contributed by atoms with Gasteiger partial charge in [0.2, 0.25) is 5.91 Å². The van der Waals surface area contributed by atoms with Crippen molar-refractivity contribution in [3.63, 3.8) is 0 Å². The third kappa shape index (κ3) is 3.20. The van der Waals surface area contributed by atoms with E-state index in [1.54, 1.807) is 27.9 Å². The summed E-state index contributed by atoms with van der Waals surface area (Å²) in [5.41, 5.74) is 0.918. The van der Waals surface area contributed by atoms with Crippen molar-refractivity contribution in [3.05, 3.63) is 24.0 Å². The van der Waals surface area contributed by atoms with E-state index in [1.807, 2.05) is 13.2 Å². The number of hydrogen-bond acceptors (Lipinski definition) is 3. The quantitative estimate of drug-likeness (QED) is 0.801. The zero-order chi connectivity index (χ0) is 13.0. The molecule has 1 atom stereocenters. The van der Waals surface area contributed by atoms with Crippen LogP contribution in [0.2, 0.25) is 0 Å². The molecule has 1 N–H and O–H groups in total. The van der Waals surface area contributed by atoms with E-state index in [1.165, 1.54) is 0 Å². The van der Waals surface area contributed by atoms with Crippen LogP contribution in [0, 0.1) is 5.92 Å². The van der Waals surface area contributed by atoms with Gasteiger partial charge in [-0.1, -0.05) is 0 Å². The smallest absolute Gasteiger partial charge is 0.246 e. The van der Waals surface area contributed by atoms with E-state index in [-0.39, 0.29) is 18.4 Å². The van der Waals surface area contributed by atoms with Crippen LogP contribution in [0.3, 0.4) is 0 Å². The largest absolute Gasteiger partial charge is 0.396 e. The molecule has 1 aliphatic heterocycles. The minimum atomic E-state index is 0.0111. The Balaban J connectivity index is 1.93. The summed E-state index contributed by atoms with van der Waals surface area (Å²) in [6.45, 7) is 1.61. The number of carbonyl (C=O) groups excluding carboxylic acids is 1. The van der Waals surface area contributed by atoms with Gasteiger partial charge in [0.25, 0.3) is 0 Å². The van der Waals surface area contributed by atoms with Gasteiger partial charge in [0.05, 0.1) is 6.20 Å². The fourth-order valence-electron chi connectivity index (χ4n) is 2.21. The Morgan fingerprint density at radius 2 is 2.50 bits per heavy atom. The van der Waals surface area contributed by atoms with E-state index < -0.39 is 0 Å². The van der Waals surface area contributed by atoms with Crippen molar-refractivity contribution in [2.45, 2.75) is 12.8 Å². The second kappa shape index (κ2) is 5.82. The zero-order valence-electron chi connectivity index (χ0n) is 10.6. The Morgan fingerprint density at radius 3 is 3.17 bits per heavy atom. The van der Waals surface area contributed by atoms with Crippen molar-refractivity contribution < 1.29 is 9.90 Å². The van der Waals surface area contributed by atoms with Gasteiger partial charge < -0.3 is 10.0 Å². The maximum atomic E-state index is 12.0. The molecule has 0 spiro atoms. The third-order valence-electron chi connectivity index (χ3n) is 3.23. The second-order valence-electron chi connectivity index (χ2n) is 4.76. The lowest BCUT2D eigenvalue weighted by Crippen LogP contribution is -2.40. The molecule has 5 heteroatoms. The number of aryl methyl sites for hydroxylation is 1. The van der Waals surface area contributed by atoms with Gasteiger partial charge in [0, 0.05) is 44.6 Å². The molecule has 1 unspecified atom stereocenters. The number of aromatic nitrogens is 2. The molecule has 18 heavy (non-hydrogen) atoms. The summed E-state index contributed by atoms with van der Waals surface area (Å²) in [6.07, 6.45) is 8.91. The van der Waals surface area contributed by atoms with Gasteiger partial charge in [-0.05, 0) is 24.8 Å². The van der Waals surface area contributed by atoms with Gasteiger partial charge in [-0.15, -0.1) is 0 Å². The van der Waals surface area contributed by atoms with Crippen molar-refractivity contribution in [3.8, 4) is 0 Å². The molecule has 1 aliphatic rings. The summed E-state index contributed by atoms with van der Waals surface area (Å²) < 4.78 is 1.70. The fraction of sp³-hybridized carbons (Fsp3) is 0.538. The standard InChI is InChI=1S/C13H19N3O2/c1-15-8-11(7-14-15)4-5-13(18)16-6-2-3-12(9-16)10-17/h4-5,7-8,12,17H,2-3,6,9-10H2,1H3/b5-4+. The van der Waals surface area contributed by atoms with Crippen LogP contribution in [0.4, 0.5) is 0 Å². The van der Waals surface area contributed by atoms with Crippen LogP contribution in [-0.2, 0) is 11.8 Å². The van der Waals surface area contributed by atoms with Crippen LogP contribution in [0.5, 0.6) is 0 Å². The first-order valence-corrected chi connectivity index (χ1v) is 6.25. The van der Waals surface area contributed by atoms with Crippen LogP contribution in [0.1, 0.15) is 18.4 Å². The number of rotatable bonds is 3. The normalized spacial score (nSPS) is 20.6. The highest BCUT2D eigenvalue weighted by atomic mass is 16.3. The predicted molar refractivity (Wildman–Crippen MR) is 68.6 cm³/mol. The minimum Gasteiger partial charge on any atom is -0.396 e. The molecular formula is C13H19N3O2. The number of amides is 1. The Morgan fingerprint density at radius 1 is 1.67 bits per heavy atom. The maximum Gasteiger partial charge on any atom is 0.246 e. The lowest BCUT2D eigenvalue weighted by Gasteiger charge is -2.31. The highest BCUT2D eigenvalue weighted by molar-refractivity contribution is 5.91. The van der Waals surface area contributed by atoms with Crippen molar-refractivity contribution in [2.24, 2.45) is 13.0 Å². The van der Waals surface area contributed by atoms with Crippen LogP contribution in [-0.4, -0.2) is 45.4 Å². The van der Waals surface area contributed by atoms with Crippen molar-refractivity contribution in [2.75, 3.05) is 19.7 Å². The summed E-state index contributed by atoms with van der Waals surface area (Å²) in [7, 11) is 1.84. The van der Waals surface area contributed by atoms with Crippen molar-refractivity contribution in [1.29, 1.82) is 0 Å². The van der Waals surface area contributed by atoms with E-state index in [9.17, 15) is 4.79 Å². The first-order chi connectivity index (χ1) is 8.69. The number of aliphatic hydroxyl groups excluding tert-OH is 1. The molecule has 0 radical (unpaired) electrons. The fourth-order valence-corrected chi connectivity index (χ4v) is 2.21. The van der Waals surface area contributed by atoms with Gasteiger partial charge in [-0.25, -0.2) is 0 Å². The van der Waals surface area contributed by atoms with E-state index in [0.717, 1.165) is 24.9 Å². The highest BCUT2D eigenvalue weighted by Gasteiger charge is 2.21. The molecule has 0 saturated carbocycles. The number of hydrogen-bond donors (Lipinski definition) is 1. The summed E-state index contributed by atoms with van der Waals surface area (Å²) >= 11 is 0. The second-order valence-corrected chi connectivity index (χ2v) is 4.76. The monoisotopic (exact) mass is 249 g/mol. The van der Waals surface area contributed by atoms with Crippen molar-refractivity contribution in [1.82, 2.24) is 14.7 Å². The number of aliphatic hydroxyl groups is 1. The van der Waals surface area contributed by atoms with Crippen LogP contribution < -0.4 is 0 Å². The first kappa shape index (κ1) is 12.8. The van der Waals surface area contributed by atoms with Gasteiger partial charge in [0.15, 0.2) is 0 Å². The minimum absolute atomic E-state index is 0.0111. The highest BCUT2D eigenvalue weighted by Crippen LogP contribution is 2.16. The lowest BCUT2D eigenvalue weighted by molar-refractivity contribution is -0.127. The zero-order valence-corrected chi connectivity index (χ0v) is 10.6. The maximum absolute atomic E-state index is 12.0. The third-order valence-corrected chi connectivity index (χ3v) is 3.23. The molecule has 1 saturated heterocycles. The number of piperidine rings is 1. The Bertz CT molecular complexity index is 439. The summed E-state index contributed by atoms with van der Waals surface area (Å²) in [5, 5.41) is 13.2. The van der Waals surface area contributed by atoms with Crippen LogP contribution in [0.25, 0.3) is 6.08 Å². The molecule has 1 aromatic rings. The number of likely N-dealkylation sites (tertiary alicyclic amines) is 1.